The summed E-state index contributed by atoms with van der Waals surface area (Å²) in [5, 5.41) is 7.47. The third kappa shape index (κ3) is 2.75. The fraction of sp³-hybridized carbons (Fsp3) is 0.615. The number of aromatic nitrogens is 2. The van der Waals surface area contributed by atoms with Gasteiger partial charge in [-0.3, -0.25) is 16.6 Å². The summed E-state index contributed by atoms with van der Waals surface area (Å²) in [6, 6.07) is 2.10. The number of hydrogen-bond donors (Lipinski definition) is 1. The first-order chi connectivity index (χ1) is 10.1. The molecule has 2 heterocycles. The van der Waals surface area contributed by atoms with Crippen molar-refractivity contribution in [1.82, 2.24) is 9.97 Å². The molecule has 0 unspecified atom stereocenters. The molecule has 0 spiro atoms. The minimum atomic E-state index is -2.12. The highest BCUT2D eigenvalue weighted by molar-refractivity contribution is 8.05. The van der Waals surface area contributed by atoms with E-state index in [1.54, 1.807) is 0 Å². The van der Waals surface area contributed by atoms with Gasteiger partial charge in [-0.15, -0.1) is 0 Å². The van der Waals surface area contributed by atoms with Crippen LogP contribution in [0.2, 0.25) is 5.28 Å². The third-order valence-corrected chi connectivity index (χ3v) is 6.32. The van der Waals surface area contributed by atoms with Crippen molar-refractivity contribution in [2.75, 3.05) is 24.7 Å². The number of rotatable bonds is 4. The van der Waals surface area contributed by atoms with Gasteiger partial charge in [0.05, 0.1) is 24.9 Å². The van der Waals surface area contributed by atoms with Crippen molar-refractivity contribution < 1.29 is 9.29 Å². The number of nitrogens with one attached hydrogen (secondary N) is 1. The van der Waals surface area contributed by atoms with Gasteiger partial charge in [0.1, 0.15) is 16.1 Å². The van der Waals surface area contributed by atoms with E-state index in [1.165, 1.54) is 0 Å². The molecule has 116 valence electrons. The van der Waals surface area contributed by atoms with Crippen molar-refractivity contribution in [1.29, 1.82) is 5.41 Å². The van der Waals surface area contributed by atoms with Crippen molar-refractivity contribution in [2.45, 2.75) is 30.6 Å². The van der Waals surface area contributed by atoms with Crippen molar-refractivity contribution >= 4 is 34.1 Å². The topological polar surface area (TPSA) is 85.2 Å². The predicted molar refractivity (Wildman–Crippen MR) is 85.3 cm³/mol. The highest BCUT2D eigenvalue weighted by Gasteiger charge is 2.51. The zero-order valence-electron chi connectivity index (χ0n) is 11.8. The van der Waals surface area contributed by atoms with E-state index in [2.05, 4.69) is 21.8 Å². The molecule has 2 aliphatic rings. The molecule has 21 heavy (non-hydrogen) atoms. The largest absolute Gasteiger partial charge is 0.683 e. The van der Waals surface area contributed by atoms with Crippen LogP contribution in [0.15, 0.2) is 6.07 Å². The van der Waals surface area contributed by atoms with Crippen LogP contribution in [0.3, 0.4) is 0 Å². The molecule has 1 aliphatic carbocycles. The average Bonchev–Trinajstić information content (AvgIpc) is 3.28. The molecule has 3 rings (SSSR count). The molecule has 0 radical (unpaired) electrons. The second-order valence-electron chi connectivity index (χ2n) is 5.59. The molecule has 8 heteroatoms. The predicted octanol–water partition coefficient (Wildman–Crippen LogP) is 1.16. The van der Waals surface area contributed by atoms with Gasteiger partial charge in [-0.1, -0.05) is 0 Å². The quantitative estimate of drug-likeness (QED) is 0.387. The molecular weight excluding hydrogens is 312 g/mol. The molecule has 1 atom stereocenters. The van der Waals surface area contributed by atoms with Gasteiger partial charge >= 0.3 is 0 Å². The van der Waals surface area contributed by atoms with Gasteiger partial charge in [-0.25, -0.2) is 9.97 Å². The summed E-state index contributed by atoms with van der Waals surface area (Å²) in [7, 11) is 0. The van der Waals surface area contributed by atoms with Crippen LogP contribution < -0.4 is 4.90 Å². The van der Waals surface area contributed by atoms with Gasteiger partial charge in [0, 0.05) is 25.5 Å². The Balaban J connectivity index is 1.95. The van der Waals surface area contributed by atoms with Gasteiger partial charge in [-0.2, -0.15) is 0 Å². The lowest BCUT2D eigenvalue weighted by molar-refractivity contribution is 0.0985. The summed E-state index contributed by atoms with van der Waals surface area (Å²) in [4.78, 5) is 10.7. The van der Waals surface area contributed by atoms with Crippen molar-refractivity contribution in [3.63, 3.8) is 0 Å². The number of nitrogens with zero attached hydrogens (tertiary/aromatic N) is 3. The van der Waals surface area contributed by atoms with Crippen LogP contribution in [-0.2, 0) is 20.7 Å². The van der Waals surface area contributed by atoms with Crippen LogP contribution in [0, 0.1) is 5.41 Å². The van der Waals surface area contributed by atoms with Gasteiger partial charge in [-0.05, 0) is 18.5 Å². The zero-order valence-corrected chi connectivity index (χ0v) is 13.6. The summed E-state index contributed by atoms with van der Waals surface area (Å²) in [5.74, 6) is 0.756. The Hall–Kier alpha value is -0.890. The maximum absolute atomic E-state index is 12.2. The standard InChI is InChI=1S/C13H19ClN4O2S/c1-9-7-20-5-4-18(9)11-6-10(16-12(14)17-11)13(2-3-13)21(19)8-15/h6,8-9,15H,2-5,7,21H2,1H3/t9-/m1/s1. The number of hydrogen-bond acceptors (Lipinski definition) is 6. The van der Waals surface area contributed by atoms with E-state index in [0.29, 0.717) is 18.9 Å². The van der Waals surface area contributed by atoms with Crippen molar-refractivity contribution in [3.05, 3.63) is 17.0 Å². The summed E-state index contributed by atoms with van der Waals surface area (Å²) in [5.41, 5.74) is 1.77. The summed E-state index contributed by atoms with van der Waals surface area (Å²) in [6.07, 6.45) is 1.59. The maximum atomic E-state index is 12.2. The molecule has 6 nitrogen and oxygen atoms in total. The van der Waals surface area contributed by atoms with E-state index in [0.717, 1.165) is 30.8 Å². The minimum absolute atomic E-state index is 0.173. The van der Waals surface area contributed by atoms with Crippen LogP contribution in [0.4, 0.5) is 5.82 Å². The minimum Gasteiger partial charge on any atom is -0.683 e. The second-order valence-corrected chi connectivity index (χ2v) is 7.90. The van der Waals surface area contributed by atoms with E-state index >= 15 is 0 Å². The highest BCUT2D eigenvalue weighted by atomic mass is 35.5. The summed E-state index contributed by atoms with van der Waals surface area (Å²) < 4.78 is 17.1. The number of morpholine rings is 1. The Labute approximate surface area is 131 Å². The van der Waals surface area contributed by atoms with Crippen LogP contribution in [0.1, 0.15) is 25.5 Å². The van der Waals surface area contributed by atoms with E-state index in [4.69, 9.17) is 21.7 Å². The van der Waals surface area contributed by atoms with Gasteiger partial charge in [0.15, 0.2) is 0 Å². The van der Waals surface area contributed by atoms with E-state index in [-0.39, 0.29) is 11.3 Å². The Morgan fingerprint density at radius 3 is 2.95 bits per heavy atom. The van der Waals surface area contributed by atoms with Crippen molar-refractivity contribution in [3.8, 4) is 0 Å². The first kappa shape index (κ1) is 15.0. The van der Waals surface area contributed by atoms with Crippen LogP contribution >= 0.6 is 11.6 Å². The molecule has 1 aromatic heterocycles. The second kappa shape index (κ2) is 5.72. The molecule has 1 aliphatic heterocycles. The fourth-order valence-corrected chi connectivity index (χ4v) is 4.21. The smallest absolute Gasteiger partial charge is 0.224 e. The van der Waals surface area contributed by atoms with Crippen LogP contribution in [-0.4, -0.2) is 45.9 Å². The molecular formula is C13H19ClN4O2S. The molecule has 0 aromatic carbocycles. The molecule has 1 saturated carbocycles. The van der Waals surface area contributed by atoms with Crippen LogP contribution in [0.5, 0.6) is 0 Å². The number of anilines is 1. The maximum Gasteiger partial charge on any atom is 0.224 e. The first-order valence-electron chi connectivity index (χ1n) is 7.01. The molecule has 0 bridgehead atoms. The monoisotopic (exact) mass is 330 g/mol. The van der Waals surface area contributed by atoms with E-state index in [9.17, 15) is 4.55 Å². The molecule has 1 saturated heterocycles. The van der Waals surface area contributed by atoms with Gasteiger partial charge in [0.25, 0.3) is 0 Å². The molecule has 2 fully saturated rings. The van der Waals surface area contributed by atoms with E-state index in [1.807, 2.05) is 6.07 Å². The lowest BCUT2D eigenvalue weighted by atomic mass is 10.2. The Morgan fingerprint density at radius 2 is 2.33 bits per heavy atom. The van der Waals surface area contributed by atoms with E-state index < -0.39 is 15.9 Å². The summed E-state index contributed by atoms with van der Waals surface area (Å²) >= 11 is 3.95. The first-order valence-corrected chi connectivity index (χ1v) is 8.87. The lowest BCUT2D eigenvalue weighted by Gasteiger charge is -2.35. The number of ether oxygens (including phenoxy) is 1. The molecule has 1 N–H and O–H groups in total. The zero-order chi connectivity index (χ0) is 15.0. The highest BCUT2D eigenvalue weighted by Crippen LogP contribution is 2.52. The average molecular weight is 331 g/mol. The Bertz CT molecular complexity index is 555. The molecule has 0 amide bonds. The van der Waals surface area contributed by atoms with Gasteiger partial charge in [0.2, 0.25) is 5.28 Å². The third-order valence-electron chi connectivity index (χ3n) is 4.19. The van der Waals surface area contributed by atoms with Crippen LogP contribution in [0.25, 0.3) is 0 Å². The van der Waals surface area contributed by atoms with Gasteiger partial charge < -0.3 is 14.2 Å². The summed E-state index contributed by atoms with van der Waals surface area (Å²) in [6.45, 7) is 4.13. The Kier molecular flexibility index (Phi) is 4.09. The van der Waals surface area contributed by atoms with Crippen molar-refractivity contribution in [2.24, 2.45) is 0 Å². The molecule has 1 aromatic rings. The lowest BCUT2D eigenvalue weighted by Crippen LogP contribution is -2.44. The fourth-order valence-electron chi connectivity index (χ4n) is 2.76. The SMILES string of the molecule is C[C@@H]1COCCN1c1cc(C2([SH2+]([O-])C=N)CC2)nc(Cl)n1. The Morgan fingerprint density at radius 1 is 1.57 bits per heavy atom. The normalized spacial score (nSPS) is 24.6. The number of halogens is 1.